The molecular weight excluding hydrogens is 366 g/mol. The Labute approximate surface area is 174 Å². The van der Waals surface area contributed by atoms with Crippen molar-refractivity contribution in [1.29, 1.82) is 0 Å². The second kappa shape index (κ2) is 9.48. The number of fused-ring (bicyclic) bond motifs is 1. The molecule has 7 nitrogen and oxygen atoms in total. The van der Waals surface area contributed by atoms with Crippen LogP contribution in [0.1, 0.15) is 44.7 Å². The van der Waals surface area contributed by atoms with Crippen LogP contribution in [0.4, 0.5) is 4.79 Å². The van der Waals surface area contributed by atoms with Gasteiger partial charge in [-0.15, -0.1) is 0 Å². The van der Waals surface area contributed by atoms with E-state index in [2.05, 4.69) is 53.3 Å². The average Bonchev–Trinajstić information content (AvgIpc) is 2.73. The van der Waals surface area contributed by atoms with Crippen molar-refractivity contribution in [2.45, 2.75) is 58.2 Å². The summed E-state index contributed by atoms with van der Waals surface area (Å²) in [6.45, 7) is 10.7. The summed E-state index contributed by atoms with van der Waals surface area (Å²) in [4.78, 5) is 20.7. The van der Waals surface area contributed by atoms with Crippen molar-refractivity contribution in [3.05, 3.63) is 35.4 Å². The normalized spacial score (nSPS) is 19.0. The molecule has 0 spiro atoms. The molecule has 0 aromatic heterocycles. The Hall–Kier alpha value is -2.28. The Morgan fingerprint density at radius 1 is 1.24 bits per heavy atom. The molecule has 0 bridgehead atoms. The zero-order chi connectivity index (χ0) is 20.9. The molecule has 3 N–H and O–H groups in total. The molecule has 1 fully saturated rings. The lowest BCUT2D eigenvalue weighted by molar-refractivity contribution is 0.0962. The summed E-state index contributed by atoms with van der Waals surface area (Å²) in [6.07, 6.45) is 2.55. The number of nitrogens with one attached hydrogen (secondary N) is 1. The van der Waals surface area contributed by atoms with Gasteiger partial charge in [-0.1, -0.05) is 24.3 Å². The van der Waals surface area contributed by atoms with E-state index >= 15 is 0 Å². The molecule has 1 aromatic carbocycles. The second-order valence-electron chi connectivity index (χ2n) is 8.56. The van der Waals surface area contributed by atoms with Gasteiger partial charge in [-0.3, -0.25) is 9.89 Å². The number of piperidine rings is 1. The van der Waals surface area contributed by atoms with E-state index in [1.54, 1.807) is 4.90 Å². The van der Waals surface area contributed by atoms with Gasteiger partial charge in [0.1, 0.15) is 0 Å². The minimum atomic E-state index is -0.225. The number of benzene rings is 1. The lowest BCUT2D eigenvalue weighted by atomic mass is 9.94. The maximum Gasteiger partial charge on any atom is 0.409 e. The number of hydrogen-bond donors (Lipinski definition) is 2. The molecule has 2 aliphatic heterocycles. The zero-order valence-electron chi connectivity index (χ0n) is 18.0. The molecule has 0 radical (unpaired) electrons. The van der Waals surface area contributed by atoms with Gasteiger partial charge in [0.2, 0.25) is 0 Å². The van der Waals surface area contributed by atoms with Gasteiger partial charge in [-0.2, -0.15) is 0 Å². The fourth-order valence-corrected chi connectivity index (χ4v) is 4.07. The zero-order valence-corrected chi connectivity index (χ0v) is 18.0. The van der Waals surface area contributed by atoms with Crippen LogP contribution in [-0.4, -0.2) is 66.2 Å². The first-order chi connectivity index (χ1) is 13.9. The molecule has 0 unspecified atom stereocenters. The highest BCUT2D eigenvalue weighted by atomic mass is 16.6. The Morgan fingerprint density at radius 3 is 2.62 bits per heavy atom. The van der Waals surface area contributed by atoms with Gasteiger partial charge in [0.25, 0.3) is 0 Å². The van der Waals surface area contributed by atoms with Gasteiger partial charge in [-0.05, 0) is 51.2 Å². The highest BCUT2D eigenvalue weighted by Crippen LogP contribution is 2.25. The monoisotopic (exact) mass is 401 g/mol. The van der Waals surface area contributed by atoms with Gasteiger partial charge in [-0.25, -0.2) is 4.79 Å². The number of amides is 1. The van der Waals surface area contributed by atoms with Crippen LogP contribution in [0.25, 0.3) is 0 Å². The Kier molecular flexibility index (Phi) is 7.00. The average molecular weight is 402 g/mol. The molecule has 0 atom stereocenters. The maximum absolute atomic E-state index is 11.8. The van der Waals surface area contributed by atoms with E-state index in [1.807, 2.05) is 6.92 Å². The topological polar surface area (TPSA) is 83.2 Å². The van der Waals surface area contributed by atoms with E-state index in [1.165, 1.54) is 11.1 Å². The molecule has 1 saturated heterocycles. The van der Waals surface area contributed by atoms with Crippen molar-refractivity contribution in [3.63, 3.8) is 0 Å². The summed E-state index contributed by atoms with van der Waals surface area (Å²) in [5.41, 5.74) is 8.98. The molecule has 0 aliphatic carbocycles. The lowest BCUT2D eigenvalue weighted by Crippen LogP contribution is -2.51. The third kappa shape index (κ3) is 5.63. The van der Waals surface area contributed by atoms with Crippen LogP contribution in [0.3, 0.4) is 0 Å². The lowest BCUT2D eigenvalue weighted by Gasteiger charge is -2.40. The molecule has 1 aromatic rings. The number of nitrogens with zero attached hydrogens (tertiary/aromatic N) is 3. The molecule has 0 saturated carbocycles. The Morgan fingerprint density at radius 2 is 1.93 bits per heavy atom. The van der Waals surface area contributed by atoms with Crippen LogP contribution in [0.5, 0.6) is 0 Å². The van der Waals surface area contributed by atoms with Gasteiger partial charge in [0, 0.05) is 37.8 Å². The second-order valence-corrected chi connectivity index (χ2v) is 8.56. The van der Waals surface area contributed by atoms with E-state index < -0.39 is 0 Å². The fraction of sp³-hybridized carbons (Fsp3) is 0.636. The highest BCUT2D eigenvalue weighted by Gasteiger charge is 2.30. The van der Waals surface area contributed by atoms with Crippen molar-refractivity contribution in [2.75, 3.05) is 32.8 Å². The third-order valence-electron chi connectivity index (χ3n) is 6.00. The molecular formula is C22H35N5O2. The summed E-state index contributed by atoms with van der Waals surface area (Å²) in [5.74, 6) is 0.491. The minimum absolute atomic E-state index is 0.0624. The number of aliphatic imine (C=N–C) groups is 1. The van der Waals surface area contributed by atoms with E-state index in [0.29, 0.717) is 32.2 Å². The fourth-order valence-electron chi connectivity index (χ4n) is 4.07. The quantitative estimate of drug-likeness (QED) is 0.585. The van der Waals surface area contributed by atoms with Crippen molar-refractivity contribution in [3.8, 4) is 0 Å². The largest absolute Gasteiger partial charge is 0.450 e. The smallest absolute Gasteiger partial charge is 0.409 e. The van der Waals surface area contributed by atoms with E-state index in [0.717, 1.165) is 32.4 Å². The molecule has 29 heavy (non-hydrogen) atoms. The molecule has 3 rings (SSSR count). The predicted molar refractivity (Wildman–Crippen MR) is 116 cm³/mol. The number of guanidine groups is 1. The van der Waals surface area contributed by atoms with Crippen molar-refractivity contribution < 1.29 is 9.53 Å². The summed E-state index contributed by atoms with van der Waals surface area (Å²) in [7, 11) is 0. The third-order valence-corrected chi connectivity index (χ3v) is 6.00. The Bertz CT molecular complexity index is 726. The van der Waals surface area contributed by atoms with Crippen LogP contribution in [0, 0.1) is 0 Å². The van der Waals surface area contributed by atoms with E-state index in [-0.39, 0.29) is 17.7 Å². The van der Waals surface area contributed by atoms with Crippen molar-refractivity contribution in [1.82, 2.24) is 15.1 Å². The first kappa shape index (κ1) is 21.4. The predicted octanol–water partition coefficient (Wildman–Crippen LogP) is 2.35. The molecule has 7 heteroatoms. The summed E-state index contributed by atoms with van der Waals surface area (Å²) < 4.78 is 5.07. The molecule has 2 aliphatic rings. The van der Waals surface area contributed by atoms with Crippen molar-refractivity contribution >= 4 is 12.1 Å². The van der Waals surface area contributed by atoms with Crippen molar-refractivity contribution in [2.24, 2.45) is 10.7 Å². The molecule has 1 amide bonds. The van der Waals surface area contributed by atoms with Crippen LogP contribution in [-0.2, 0) is 17.7 Å². The van der Waals surface area contributed by atoms with Gasteiger partial charge in [0.05, 0.1) is 13.2 Å². The summed E-state index contributed by atoms with van der Waals surface area (Å²) in [6, 6.07) is 8.93. The maximum atomic E-state index is 11.8. The summed E-state index contributed by atoms with van der Waals surface area (Å²) in [5, 5.41) is 3.33. The number of hydrogen-bond acceptors (Lipinski definition) is 4. The minimum Gasteiger partial charge on any atom is -0.450 e. The Balaban J connectivity index is 1.47. The summed E-state index contributed by atoms with van der Waals surface area (Å²) >= 11 is 0. The number of nitrogens with two attached hydrogens (primary N) is 1. The molecule has 2 heterocycles. The standard InChI is InChI=1S/C22H35N5O2/c1-4-29-21(28)26-12-10-19(11-13-26)25-20(23)24-16-22(2,3)27-14-9-17-7-5-6-8-18(17)15-27/h5-8,19H,4,9-16H2,1-3H3,(H3,23,24,25). The highest BCUT2D eigenvalue weighted by molar-refractivity contribution is 5.78. The SMILES string of the molecule is CCOC(=O)N1CCC(NC(N)=NCC(C)(C)N2CCc3ccccc3C2)CC1. The number of ether oxygens (including phenoxy) is 1. The first-order valence-electron chi connectivity index (χ1n) is 10.7. The number of carbonyl (C=O) groups excluding carboxylic acids is 1. The van der Waals surface area contributed by atoms with Gasteiger partial charge >= 0.3 is 6.09 Å². The van der Waals surface area contributed by atoms with Crippen LogP contribution in [0.15, 0.2) is 29.3 Å². The van der Waals surface area contributed by atoms with Gasteiger partial charge in [0.15, 0.2) is 5.96 Å². The van der Waals surface area contributed by atoms with Crippen LogP contribution in [0.2, 0.25) is 0 Å². The van der Waals surface area contributed by atoms with E-state index in [9.17, 15) is 4.79 Å². The number of likely N-dealkylation sites (tertiary alicyclic amines) is 1. The van der Waals surface area contributed by atoms with E-state index in [4.69, 9.17) is 10.5 Å². The van der Waals surface area contributed by atoms with Crippen LogP contribution < -0.4 is 11.1 Å². The number of carbonyl (C=O) groups is 1. The molecule has 160 valence electrons. The van der Waals surface area contributed by atoms with Gasteiger partial charge < -0.3 is 20.7 Å². The van der Waals surface area contributed by atoms with Crippen LogP contribution >= 0.6 is 0 Å². The number of rotatable bonds is 5. The first-order valence-corrected chi connectivity index (χ1v) is 10.7.